The standard InChI is InChI=1S/C17H23ClN6.HI/c1-19-17(20-13-14-7-8-21-22(14)2)24-11-9-23(10-12-24)16-6-4-3-5-15(16)18;/h3-8H,9-13H2,1-2H3,(H,19,20);1H. The van der Waals surface area contributed by atoms with Crippen LogP contribution in [0.15, 0.2) is 41.5 Å². The maximum absolute atomic E-state index is 6.31. The lowest BCUT2D eigenvalue weighted by Crippen LogP contribution is -2.52. The van der Waals surface area contributed by atoms with E-state index in [-0.39, 0.29) is 24.0 Å². The van der Waals surface area contributed by atoms with Gasteiger partial charge in [0.1, 0.15) is 0 Å². The van der Waals surface area contributed by atoms with Crippen molar-refractivity contribution < 1.29 is 0 Å². The number of hydrogen-bond acceptors (Lipinski definition) is 3. The van der Waals surface area contributed by atoms with Crippen LogP contribution in [0.25, 0.3) is 0 Å². The monoisotopic (exact) mass is 474 g/mol. The Morgan fingerprint density at radius 2 is 1.92 bits per heavy atom. The van der Waals surface area contributed by atoms with Crippen LogP contribution in [0.3, 0.4) is 0 Å². The van der Waals surface area contributed by atoms with E-state index in [1.54, 1.807) is 0 Å². The molecule has 8 heteroatoms. The molecular formula is C17H24ClIN6. The van der Waals surface area contributed by atoms with Crippen molar-refractivity contribution in [3.05, 3.63) is 47.2 Å². The van der Waals surface area contributed by atoms with Crippen LogP contribution in [0.5, 0.6) is 0 Å². The van der Waals surface area contributed by atoms with E-state index in [0.717, 1.165) is 48.5 Å². The summed E-state index contributed by atoms with van der Waals surface area (Å²) in [5.74, 6) is 0.926. The Kier molecular flexibility index (Phi) is 7.37. The second-order valence-electron chi connectivity index (χ2n) is 5.77. The van der Waals surface area contributed by atoms with Crippen LogP contribution in [-0.2, 0) is 13.6 Å². The number of hydrogen-bond donors (Lipinski definition) is 1. The Bertz CT molecular complexity index is 709. The number of anilines is 1. The number of halogens is 2. The largest absolute Gasteiger partial charge is 0.367 e. The number of aliphatic imine (C=N–C) groups is 1. The molecule has 0 amide bonds. The van der Waals surface area contributed by atoms with Crippen molar-refractivity contribution in [2.45, 2.75) is 6.54 Å². The zero-order valence-electron chi connectivity index (χ0n) is 14.5. The van der Waals surface area contributed by atoms with Crippen molar-refractivity contribution >= 4 is 47.2 Å². The Labute approximate surface area is 170 Å². The molecule has 0 atom stereocenters. The van der Waals surface area contributed by atoms with Gasteiger partial charge in [-0.3, -0.25) is 9.67 Å². The first-order valence-electron chi connectivity index (χ1n) is 8.11. The van der Waals surface area contributed by atoms with Gasteiger partial charge in [-0.05, 0) is 18.2 Å². The fourth-order valence-electron chi connectivity index (χ4n) is 2.94. The second kappa shape index (κ2) is 9.28. The Morgan fingerprint density at radius 1 is 1.20 bits per heavy atom. The van der Waals surface area contributed by atoms with Gasteiger partial charge in [-0.1, -0.05) is 23.7 Å². The number of rotatable bonds is 3. The first-order valence-corrected chi connectivity index (χ1v) is 8.49. The van der Waals surface area contributed by atoms with E-state index < -0.39 is 0 Å². The Balaban J connectivity index is 0.00000225. The van der Waals surface area contributed by atoms with E-state index in [2.05, 4.69) is 31.3 Å². The maximum atomic E-state index is 6.31. The molecule has 1 N–H and O–H groups in total. The molecule has 1 fully saturated rings. The van der Waals surface area contributed by atoms with E-state index >= 15 is 0 Å². The highest BCUT2D eigenvalue weighted by Crippen LogP contribution is 2.25. The molecule has 0 saturated carbocycles. The predicted octanol–water partition coefficient (Wildman–Crippen LogP) is 2.59. The molecule has 0 bridgehead atoms. The summed E-state index contributed by atoms with van der Waals surface area (Å²) in [6.45, 7) is 4.40. The fraction of sp³-hybridized carbons (Fsp3) is 0.412. The van der Waals surface area contributed by atoms with Crippen LogP contribution in [0.4, 0.5) is 5.69 Å². The zero-order valence-corrected chi connectivity index (χ0v) is 17.6. The molecule has 0 radical (unpaired) electrons. The first kappa shape index (κ1) is 19.8. The number of aromatic nitrogens is 2. The molecule has 1 aliphatic rings. The third-order valence-electron chi connectivity index (χ3n) is 4.33. The van der Waals surface area contributed by atoms with Gasteiger partial charge in [-0.2, -0.15) is 5.10 Å². The zero-order chi connectivity index (χ0) is 16.9. The molecule has 6 nitrogen and oxygen atoms in total. The van der Waals surface area contributed by atoms with Crippen LogP contribution < -0.4 is 10.2 Å². The molecule has 1 aromatic heterocycles. The summed E-state index contributed by atoms with van der Waals surface area (Å²) < 4.78 is 1.87. The molecule has 2 heterocycles. The van der Waals surface area contributed by atoms with Gasteiger partial charge in [0.15, 0.2) is 5.96 Å². The van der Waals surface area contributed by atoms with Crippen LogP contribution in [0.2, 0.25) is 5.02 Å². The molecule has 25 heavy (non-hydrogen) atoms. The van der Waals surface area contributed by atoms with Gasteiger partial charge >= 0.3 is 0 Å². The number of guanidine groups is 1. The molecule has 0 aliphatic carbocycles. The SMILES string of the molecule is CN=C(NCc1ccnn1C)N1CCN(c2ccccc2Cl)CC1.I. The number of para-hydroxylation sites is 1. The van der Waals surface area contributed by atoms with Gasteiger partial charge in [0.05, 0.1) is 22.9 Å². The van der Waals surface area contributed by atoms with Gasteiger partial charge in [0.25, 0.3) is 0 Å². The average molecular weight is 475 g/mol. The summed E-state index contributed by atoms with van der Waals surface area (Å²) in [5, 5.41) is 8.42. The predicted molar refractivity (Wildman–Crippen MR) is 114 cm³/mol. The quantitative estimate of drug-likeness (QED) is 0.422. The van der Waals surface area contributed by atoms with Gasteiger partial charge < -0.3 is 15.1 Å². The highest BCUT2D eigenvalue weighted by Gasteiger charge is 2.21. The van der Waals surface area contributed by atoms with Gasteiger partial charge in [-0.25, -0.2) is 0 Å². The van der Waals surface area contributed by atoms with E-state index in [1.807, 2.05) is 49.2 Å². The fourth-order valence-corrected chi connectivity index (χ4v) is 3.20. The van der Waals surface area contributed by atoms with Crippen molar-refractivity contribution in [3.63, 3.8) is 0 Å². The Morgan fingerprint density at radius 3 is 2.52 bits per heavy atom. The summed E-state index contributed by atoms with van der Waals surface area (Å²) in [7, 11) is 3.77. The van der Waals surface area contributed by atoms with Crippen LogP contribution in [-0.4, -0.2) is 53.9 Å². The lowest BCUT2D eigenvalue weighted by Gasteiger charge is -2.38. The summed E-state index contributed by atoms with van der Waals surface area (Å²) in [6, 6.07) is 10.0. The molecule has 136 valence electrons. The molecule has 1 saturated heterocycles. The van der Waals surface area contributed by atoms with Crippen molar-refractivity contribution in [3.8, 4) is 0 Å². The lowest BCUT2D eigenvalue weighted by atomic mass is 10.2. The van der Waals surface area contributed by atoms with Gasteiger partial charge in [0.2, 0.25) is 0 Å². The van der Waals surface area contributed by atoms with Gasteiger partial charge in [-0.15, -0.1) is 24.0 Å². The highest BCUT2D eigenvalue weighted by atomic mass is 127. The normalized spacial score (nSPS) is 15.1. The minimum atomic E-state index is 0. The summed E-state index contributed by atoms with van der Waals surface area (Å²) in [5.41, 5.74) is 2.24. The maximum Gasteiger partial charge on any atom is 0.194 e. The van der Waals surface area contributed by atoms with Crippen molar-refractivity contribution in [1.29, 1.82) is 0 Å². The molecule has 3 rings (SSSR count). The number of benzene rings is 1. The summed E-state index contributed by atoms with van der Waals surface area (Å²) >= 11 is 6.31. The van der Waals surface area contributed by atoms with Crippen LogP contribution >= 0.6 is 35.6 Å². The summed E-state index contributed by atoms with van der Waals surface area (Å²) in [4.78, 5) is 9.02. The second-order valence-corrected chi connectivity index (χ2v) is 6.18. The van der Waals surface area contributed by atoms with Gasteiger partial charge in [0, 0.05) is 46.5 Å². The third-order valence-corrected chi connectivity index (χ3v) is 4.65. The number of nitrogens with zero attached hydrogens (tertiary/aromatic N) is 5. The molecule has 1 aromatic carbocycles. The smallest absolute Gasteiger partial charge is 0.194 e. The Hall–Kier alpha value is -1.48. The van der Waals surface area contributed by atoms with Crippen LogP contribution in [0, 0.1) is 0 Å². The van der Waals surface area contributed by atoms with Crippen molar-refractivity contribution in [2.24, 2.45) is 12.0 Å². The van der Waals surface area contributed by atoms with E-state index in [1.165, 1.54) is 0 Å². The highest BCUT2D eigenvalue weighted by molar-refractivity contribution is 14.0. The average Bonchev–Trinajstić information content (AvgIpc) is 3.02. The molecule has 2 aromatic rings. The molecule has 0 unspecified atom stereocenters. The van der Waals surface area contributed by atoms with Crippen LogP contribution in [0.1, 0.15) is 5.69 Å². The minimum Gasteiger partial charge on any atom is -0.367 e. The number of aryl methyl sites for hydroxylation is 1. The number of nitrogens with one attached hydrogen (secondary N) is 1. The molecular weight excluding hydrogens is 451 g/mol. The van der Waals surface area contributed by atoms with E-state index in [0.29, 0.717) is 6.54 Å². The topological polar surface area (TPSA) is 48.7 Å². The van der Waals surface area contributed by atoms with E-state index in [9.17, 15) is 0 Å². The lowest BCUT2D eigenvalue weighted by molar-refractivity contribution is 0.372. The molecule has 0 spiro atoms. The molecule has 1 aliphatic heterocycles. The van der Waals surface area contributed by atoms with E-state index in [4.69, 9.17) is 11.6 Å². The third kappa shape index (κ3) is 4.78. The van der Waals surface area contributed by atoms with Crippen molar-refractivity contribution in [2.75, 3.05) is 38.1 Å². The number of piperazine rings is 1. The summed E-state index contributed by atoms with van der Waals surface area (Å²) in [6.07, 6.45) is 1.81. The first-order chi connectivity index (χ1) is 11.7. The minimum absolute atomic E-state index is 0. The van der Waals surface area contributed by atoms with Crippen molar-refractivity contribution in [1.82, 2.24) is 20.0 Å².